The highest BCUT2D eigenvalue weighted by Gasteiger charge is 2.45. The molecule has 222 valence electrons. The van der Waals surface area contributed by atoms with Crippen LogP contribution in [0.3, 0.4) is 0 Å². The number of esters is 1. The number of carbonyl (C=O) groups excluding carboxylic acids is 1. The van der Waals surface area contributed by atoms with Crippen LogP contribution in [-0.2, 0) is 16.1 Å². The summed E-state index contributed by atoms with van der Waals surface area (Å²) < 4.78 is 54.7. The van der Waals surface area contributed by atoms with Crippen LogP contribution in [0.5, 0.6) is 5.75 Å². The number of halogens is 6. The van der Waals surface area contributed by atoms with Gasteiger partial charge in [0, 0.05) is 20.6 Å². The fraction of sp³-hybridized carbons (Fsp3) is 0.167. The molecule has 1 aromatic heterocycles. The normalized spacial score (nSPS) is 15.2. The lowest BCUT2D eigenvalue weighted by Crippen LogP contribution is -2.41. The minimum absolute atomic E-state index is 0.117. The molecule has 3 aromatic carbocycles. The van der Waals surface area contributed by atoms with Crippen LogP contribution in [0.4, 0.5) is 13.2 Å². The Labute approximate surface area is 261 Å². The largest absolute Gasteiger partial charge is 0.489 e. The van der Waals surface area contributed by atoms with Crippen LogP contribution < -0.4 is 19.6 Å². The minimum Gasteiger partial charge on any atom is -0.489 e. The van der Waals surface area contributed by atoms with Crippen molar-refractivity contribution in [1.29, 1.82) is 0 Å². The number of ether oxygens (including phenoxy) is 2. The zero-order chi connectivity index (χ0) is 30.9. The van der Waals surface area contributed by atoms with E-state index >= 15 is 0 Å². The molecule has 0 amide bonds. The van der Waals surface area contributed by atoms with Gasteiger partial charge >= 0.3 is 12.1 Å². The third kappa shape index (κ3) is 6.67. The van der Waals surface area contributed by atoms with Gasteiger partial charge in [0.2, 0.25) is 0 Å². The summed E-state index contributed by atoms with van der Waals surface area (Å²) in [7, 11) is 0. The lowest BCUT2D eigenvalue weighted by molar-refractivity contribution is -0.140. The van der Waals surface area contributed by atoms with Crippen molar-refractivity contribution >= 4 is 58.2 Å². The van der Waals surface area contributed by atoms with Crippen molar-refractivity contribution < 1.29 is 27.4 Å². The summed E-state index contributed by atoms with van der Waals surface area (Å²) in [5.74, 6) is -0.690. The van der Waals surface area contributed by atoms with Gasteiger partial charge < -0.3 is 9.47 Å². The smallest absolute Gasteiger partial charge is 0.434 e. The molecular weight excluding hydrogens is 648 g/mol. The number of hydrogen-bond donors (Lipinski definition) is 0. The van der Waals surface area contributed by atoms with Gasteiger partial charge in [-0.2, -0.15) is 13.2 Å². The van der Waals surface area contributed by atoms with Gasteiger partial charge in [0.05, 0.1) is 22.8 Å². The highest BCUT2D eigenvalue weighted by molar-refractivity contribution is 7.07. The Kier molecular flexibility index (Phi) is 9.03. The summed E-state index contributed by atoms with van der Waals surface area (Å²) >= 11 is 18.9. The lowest BCUT2D eigenvalue weighted by atomic mass is 9.95. The van der Waals surface area contributed by atoms with Gasteiger partial charge in [-0.05, 0) is 60.5 Å². The Balaban J connectivity index is 1.55. The van der Waals surface area contributed by atoms with Crippen molar-refractivity contribution in [2.75, 3.05) is 6.61 Å². The maximum atomic E-state index is 14.2. The molecule has 4 aromatic rings. The van der Waals surface area contributed by atoms with Crippen molar-refractivity contribution in [2.45, 2.75) is 25.7 Å². The SMILES string of the molecule is CCOC(=O)C1=C(C(F)(F)F)N=c2s/c(=C\c3ccc(OCc4ccc(Cl)cc4Cl)cc3)c(=O)n2[C@@H]1c1ccc(Cl)cc1. The second kappa shape index (κ2) is 12.6. The Hall–Kier alpha value is -3.57. The number of hydrogen-bond acceptors (Lipinski definition) is 6. The van der Waals surface area contributed by atoms with E-state index in [1.807, 2.05) is 0 Å². The predicted octanol–water partition coefficient (Wildman–Crippen LogP) is 6.88. The van der Waals surface area contributed by atoms with E-state index < -0.39 is 35.0 Å². The lowest BCUT2D eigenvalue weighted by Gasteiger charge is -2.26. The van der Waals surface area contributed by atoms with Crippen LogP contribution in [0.15, 0.2) is 87.8 Å². The molecule has 0 fully saturated rings. The first-order valence-corrected chi connectivity index (χ1v) is 14.6. The first kappa shape index (κ1) is 30.9. The molecule has 1 atom stereocenters. The van der Waals surface area contributed by atoms with Crippen LogP contribution in [0.1, 0.15) is 29.7 Å². The topological polar surface area (TPSA) is 69.9 Å². The zero-order valence-corrected chi connectivity index (χ0v) is 25.2. The molecule has 0 spiro atoms. The third-order valence-corrected chi connectivity index (χ3v) is 8.19. The summed E-state index contributed by atoms with van der Waals surface area (Å²) in [5.41, 5.74) is -1.25. The van der Waals surface area contributed by atoms with E-state index in [0.29, 0.717) is 26.4 Å². The van der Waals surface area contributed by atoms with E-state index in [2.05, 4.69) is 4.99 Å². The van der Waals surface area contributed by atoms with E-state index in [4.69, 9.17) is 44.3 Å². The molecular formula is C30H20Cl3F3N2O4S. The molecule has 13 heteroatoms. The van der Waals surface area contributed by atoms with E-state index in [-0.39, 0.29) is 28.1 Å². The highest BCUT2D eigenvalue weighted by Crippen LogP contribution is 2.38. The monoisotopic (exact) mass is 666 g/mol. The number of aromatic nitrogens is 1. The summed E-state index contributed by atoms with van der Waals surface area (Å²) in [6.07, 6.45) is -3.46. The van der Waals surface area contributed by atoms with Gasteiger partial charge in [0.15, 0.2) is 10.5 Å². The van der Waals surface area contributed by atoms with Crippen LogP contribution in [0, 0.1) is 0 Å². The Morgan fingerprint density at radius 3 is 2.33 bits per heavy atom. The third-order valence-electron chi connectivity index (χ3n) is 6.37. The maximum absolute atomic E-state index is 14.2. The number of rotatable bonds is 7. The molecule has 43 heavy (non-hydrogen) atoms. The molecule has 1 aliphatic rings. The van der Waals surface area contributed by atoms with Gasteiger partial charge in [-0.25, -0.2) is 9.79 Å². The Morgan fingerprint density at radius 2 is 1.70 bits per heavy atom. The van der Waals surface area contributed by atoms with E-state index in [1.165, 1.54) is 37.3 Å². The Morgan fingerprint density at radius 1 is 1.02 bits per heavy atom. The molecule has 1 aliphatic heterocycles. The van der Waals surface area contributed by atoms with Gasteiger partial charge in [-0.1, -0.05) is 76.5 Å². The second-order valence-corrected chi connectivity index (χ2v) is 11.5. The molecule has 0 bridgehead atoms. The van der Waals surface area contributed by atoms with Crippen molar-refractivity contribution in [3.63, 3.8) is 0 Å². The maximum Gasteiger partial charge on any atom is 0.434 e. The molecule has 0 saturated heterocycles. The summed E-state index contributed by atoms with van der Waals surface area (Å²) in [6.45, 7) is 1.50. The molecule has 0 aliphatic carbocycles. The fourth-order valence-electron chi connectivity index (χ4n) is 4.41. The average Bonchev–Trinajstić information content (AvgIpc) is 3.27. The van der Waals surface area contributed by atoms with Crippen molar-refractivity contribution in [1.82, 2.24) is 4.57 Å². The number of carbonyl (C=O) groups is 1. The van der Waals surface area contributed by atoms with E-state index in [1.54, 1.807) is 42.5 Å². The number of benzene rings is 3. The van der Waals surface area contributed by atoms with Gasteiger partial charge in [0.25, 0.3) is 5.56 Å². The van der Waals surface area contributed by atoms with Crippen molar-refractivity contribution in [3.05, 3.63) is 129 Å². The second-order valence-electron chi connectivity index (χ2n) is 9.21. The van der Waals surface area contributed by atoms with Crippen LogP contribution in [0.25, 0.3) is 6.08 Å². The Bertz CT molecular complexity index is 1900. The fourth-order valence-corrected chi connectivity index (χ4v) is 6.00. The minimum atomic E-state index is -4.99. The summed E-state index contributed by atoms with van der Waals surface area (Å²) in [4.78, 5) is 30.1. The van der Waals surface area contributed by atoms with Crippen LogP contribution in [-0.4, -0.2) is 23.3 Å². The van der Waals surface area contributed by atoms with Crippen molar-refractivity contribution in [3.8, 4) is 5.75 Å². The molecule has 0 saturated carbocycles. The van der Waals surface area contributed by atoms with Crippen molar-refractivity contribution in [2.24, 2.45) is 4.99 Å². The average molecular weight is 668 g/mol. The number of fused-ring (bicyclic) bond motifs is 1. The zero-order valence-electron chi connectivity index (χ0n) is 22.1. The summed E-state index contributed by atoms with van der Waals surface area (Å²) in [5, 5.41) is 1.31. The van der Waals surface area contributed by atoms with Crippen LogP contribution in [0.2, 0.25) is 15.1 Å². The molecule has 0 radical (unpaired) electrons. The van der Waals surface area contributed by atoms with Gasteiger partial charge in [-0.15, -0.1) is 0 Å². The molecule has 5 rings (SSSR count). The number of nitrogens with zero attached hydrogens (tertiary/aromatic N) is 2. The van der Waals surface area contributed by atoms with E-state index in [0.717, 1.165) is 21.5 Å². The number of alkyl halides is 3. The summed E-state index contributed by atoms with van der Waals surface area (Å²) in [6, 6.07) is 16.2. The first-order chi connectivity index (χ1) is 20.5. The van der Waals surface area contributed by atoms with E-state index in [9.17, 15) is 22.8 Å². The number of allylic oxidation sites excluding steroid dienone is 1. The highest BCUT2D eigenvalue weighted by atomic mass is 35.5. The first-order valence-electron chi connectivity index (χ1n) is 12.7. The standard InChI is InChI=1S/C30H20Cl3F3N2O4S/c1-2-41-28(40)24-25(17-5-8-19(31)9-6-17)38-27(39)23(43-29(38)37-26(24)30(34,35)36)13-16-3-11-21(12-4-16)42-15-18-7-10-20(32)14-22(18)33/h3-14,25H,2,15H2,1H3/b23-13-/t25-/m1/s1. The van der Waals surface area contributed by atoms with Gasteiger partial charge in [0.1, 0.15) is 12.4 Å². The quantitative estimate of drug-likeness (QED) is 0.202. The number of thiazole rings is 1. The molecule has 2 heterocycles. The van der Waals surface area contributed by atoms with Gasteiger partial charge in [-0.3, -0.25) is 9.36 Å². The predicted molar refractivity (Wildman–Crippen MR) is 159 cm³/mol. The molecule has 0 unspecified atom stereocenters. The van der Waals surface area contributed by atoms with Crippen LogP contribution >= 0.6 is 46.1 Å². The molecule has 6 nitrogen and oxygen atoms in total. The molecule has 0 N–H and O–H groups in total.